The Balaban J connectivity index is 0.00000220. The minimum atomic E-state index is -1.69. The van der Waals surface area contributed by atoms with Gasteiger partial charge in [0.05, 0.1) is 6.04 Å². The van der Waals surface area contributed by atoms with Crippen molar-refractivity contribution < 1.29 is 37.9 Å². The van der Waals surface area contributed by atoms with E-state index < -0.39 is 11.9 Å². The van der Waals surface area contributed by atoms with Crippen LogP contribution in [-0.2, 0) is 9.59 Å². The molecule has 0 saturated carbocycles. The van der Waals surface area contributed by atoms with E-state index in [2.05, 4.69) is 0 Å². The molecule has 1 amide bonds. The zero-order valence-electron chi connectivity index (χ0n) is 12.6. The molecule has 4 nitrogen and oxygen atoms in total. The zero-order valence-corrected chi connectivity index (χ0v) is 12.6. The summed E-state index contributed by atoms with van der Waals surface area (Å²) in [4.78, 5) is 23.9. The van der Waals surface area contributed by atoms with Crippen molar-refractivity contribution in [1.29, 1.82) is 0 Å². The van der Waals surface area contributed by atoms with Crippen LogP contribution in [0.4, 0.5) is 4.39 Å². The number of halogens is 1. The molecule has 0 N–H and O–H groups in total. The monoisotopic (exact) mass is 285 g/mol. The van der Waals surface area contributed by atoms with Gasteiger partial charge in [-0.05, 0) is 42.9 Å². The quantitative estimate of drug-likeness (QED) is 0.451. The molecule has 1 aromatic rings. The number of nitrogens with zero attached hydrogens (tertiary/aromatic N) is 1. The van der Waals surface area contributed by atoms with Crippen molar-refractivity contribution >= 4 is 11.9 Å². The maximum Gasteiger partial charge on any atom is 1.00 e. The third-order valence-electron chi connectivity index (χ3n) is 3.82. The van der Waals surface area contributed by atoms with Crippen molar-refractivity contribution in [2.24, 2.45) is 5.92 Å². The summed E-state index contributed by atoms with van der Waals surface area (Å²) in [5.41, 5.74) is 1.26. The van der Waals surface area contributed by atoms with E-state index in [4.69, 9.17) is 0 Å². The Hall–Kier alpha value is -1.31. The fourth-order valence-electron chi connectivity index (χ4n) is 2.72. The summed E-state index contributed by atoms with van der Waals surface area (Å²) >= 11 is 0. The minimum Gasteiger partial charge on any atom is -0.540 e. The van der Waals surface area contributed by atoms with Crippen molar-refractivity contribution in [3.63, 3.8) is 0 Å². The van der Waals surface area contributed by atoms with Crippen molar-refractivity contribution in [2.45, 2.75) is 32.7 Å². The molecule has 1 aliphatic rings. The van der Waals surface area contributed by atoms with E-state index in [-0.39, 0.29) is 36.6 Å². The van der Waals surface area contributed by atoms with Gasteiger partial charge in [0.1, 0.15) is 11.8 Å². The molecule has 108 valence electrons. The second-order valence-electron chi connectivity index (χ2n) is 5.45. The molecule has 0 aliphatic carbocycles. The number of carbonyl (C=O) groups is 2. The minimum absolute atomic E-state index is 0. The first kappa shape index (κ1) is 17.7. The van der Waals surface area contributed by atoms with Gasteiger partial charge in [0.2, 0.25) is 0 Å². The Morgan fingerprint density at radius 1 is 1.33 bits per heavy atom. The maximum absolute atomic E-state index is 13.3. The number of carbonyl (C=O) groups excluding carboxylic acids is 2. The molecular weight excluding hydrogens is 268 g/mol. The molecule has 0 bridgehead atoms. The number of carboxylic acid groups (broad SMARTS) is 1. The smallest absolute Gasteiger partial charge is 0.540 e. The van der Waals surface area contributed by atoms with E-state index in [1.54, 1.807) is 19.1 Å². The van der Waals surface area contributed by atoms with Crippen LogP contribution in [0.1, 0.15) is 36.9 Å². The average molecular weight is 285 g/mol. The molecule has 1 fully saturated rings. The number of amides is 1. The average Bonchev–Trinajstić information content (AvgIpc) is 2.41. The van der Waals surface area contributed by atoms with Crippen LogP contribution in [0.15, 0.2) is 18.2 Å². The fraction of sp³-hybridized carbons (Fsp3) is 0.467. The molecule has 2 atom stereocenters. The fourth-order valence-corrected chi connectivity index (χ4v) is 2.72. The van der Waals surface area contributed by atoms with Crippen LogP contribution in [0.2, 0.25) is 0 Å². The molecule has 2 unspecified atom stereocenters. The van der Waals surface area contributed by atoms with Crippen LogP contribution in [0.25, 0.3) is 0 Å². The van der Waals surface area contributed by atoms with Gasteiger partial charge in [0.25, 0.3) is 5.91 Å². The summed E-state index contributed by atoms with van der Waals surface area (Å²) in [5, 5.41) is 10.8. The molecule has 1 aromatic carbocycles. The van der Waals surface area contributed by atoms with E-state index >= 15 is 0 Å². The Kier molecular flexibility index (Phi) is 6.00. The number of piperidine rings is 1. The number of hydrogen-bond acceptors (Lipinski definition) is 3. The molecule has 1 saturated heterocycles. The van der Waals surface area contributed by atoms with Crippen molar-refractivity contribution in [3.05, 3.63) is 35.1 Å². The number of rotatable bonds is 1. The maximum atomic E-state index is 13.3. The van der Waals surface area contributed by atoms with Crippen LogP contribution in [0.3, 0.4) is 0 Å². The van der Waals surface area contributed by atoms with Gasteiger partial charge < -0.3 is 14.8 Å². The third kappa shape index (κ3) is 3.87. The van der Waals surface area contributed by atoms with E-state index in [9.17, 15) is 19.1 Å². The van der Waals surface area contributed by atoms with Crippen LogP contribution in [-0.4, -0.2) is 23.3 Å². The topological polar surface area (TPSA) is 60.4 Å². The van der Waals surface area contributed by atoms with E-state index in [0.29, 0.717) is 18.5 Å². The van der Waals surface area contributed by atoms with Gasteiger partial charge in [-0.15, -0.1) is 0 Å². The molecule has 6 heteroatoms. The standard InChI is InChI=1S/C15H18FNO3.Li/c1-9-3-6-13(17(8-9)14(18)15(19)20)11-4-5-12(16)10(2)7-11;/h4-5,7,9,13H,3,6,8H2,1-2H3,(H,19,20);/q;+1/p-1. The number of benzene rings is 1. The van der Waals surface area contributed by atoms with E-state index in [0.717, 1.165) is 12.0 Å². The Morgan fingerprint density at radius 2 is 2.00 bits per heavy atom. The van der Waals surface area contributed by atoms with Gasteiger partial charge in [-0.25, -0.2) is 4.39 Å². The number of hydrogen-bond donors (Lipinski definition) is 0. The SMILES string of the molecule is Cc1cc(C2CCC(C)CN2C(=O)C(=O)[O-])ccc1F.[Li+]. The summed E-state index contributed by atoms with van der Waals surface area (Å²) in [6, 6.07) is 4.31. The molecule has 21 heavy (non-hydrogen) atoms. The van der Waals surface area contributed by atoms with Crippen molar-refractivity contribution in [1.82, 2.24) is 4.90 Å². The first-order chi connectivity index (χ1) is 9.40. The van der Waals surface area contributed by atoms with Gasteiger partial charge in [-0.3, -0.25) is 4.79 Å². The number of aryl methyl sites for hydroxylation is 1. The van der Waals surface area contributed by atoms with Gasteiger partial charge in [-0.2, -0.15) is 0 Å². The van der Waals surface area contributed by atoms with Crippen LogP contribution < -0.4 is 24.0 Å². The third-order valence-corrected chi connectivity index (χ3v) is 3.82. The molecule has 1 heterocycles. The Bertz CT molecular complexity index is 550. The number of carboxylic acids is 1. The van der Waals surface area contributed by atoms with Crippen molar-refractivity contribution in [2.75, 3.05) is 6.54 Å². The van der Waals surface area contributed by atoms with Gasteiger partial charge in [0.15, 0.2) is 0 Å². The van der Waals surface area contributed by atoms with Crippen LogP contribution >= 0.6 is 0 Å². The van der Waals surface area contributed by atoms with Crippen LogP contribution in [0.5, 0.6) is 0 Å². The van der Waals surface area contributed by atoms with Crippen molar-refractivity contribution in [3.8, 4) is 0 Å². The Labute approximate surface area is 135 Å². The summed E-state index contributed by atoms with van der Waals surface area (Å²) in [6.07, 6.45) is 1.57. The largest absolute Gasteiger partial charge is 1.00 e. The summed E-state index contributed by atoms with van der Waals surface area (Å²) < 4.78 is 13.3. The summed E-state index contributed by atoms with van der Waals surface area (Å²) in [6.45, 7) is 4.00. The second-order valence-corrected chi connectivity index (χ2v) is 5.45. The number of likely N-dealkylation sites (tertiary alicyclic amines) is 1. The molecule has 0 radical (unpaired) electrons. The van der Waals surface area contributed by atoms with E-state index in [1.165, 1.54) is 11.0 Å². The number of aliphatic carboxylic acids is 1. The predicted molar refractivity (Wildman–Crippen MR) is 69.0 cm³/mol. The van der Waals surface area contributed by atoms with Gasteiger partial charge >= 0.3 is 18.9 Å². The molecular formula is C15H17FLiNO3. The summed E-state index contributed by atoms with van der Waals surface area (Å²) in [5.74, 6) is -2.75. The molecule has 1 aliphatic heterocycles. The summed E-state index contributed by atoms with van der Waals surface area (Å²) in [7, 11) is 0. The van der Waals surface area contributed by atoms with Crippen LogP contribution in [0, 0.1) is 18.7 Å². The molecule has 2 rings (SSSR count). The second kappa shape index (κ2) is 7.10. The predicted octanol–water partition coefficient (Wildman–Crippen LogP) is -1.81. The normalized spacial score (nSPS) is 21.6. The zero-order chi connectivity index (χ0) is 14.9. The molecule has 0 aromatic heterocycles. The molecule has 0 spiro atoms. The Morgan fingerprint density at radius 3 is 2.57 bits per heavy atom. The first-order valence-corrected chi connectivity index (χ1v) is 6.68. The van der Waals surface area contributed by atoms with Gasteiger partial charge in [-0.1, -0.05) is 19.1 Å². The first-order valence-electron chi connectivity index (χ1n) is 6.68. The van der Waals surface area contributed by atoms with E-state index in [1.807, 2.05) is 6.92 Å². The van der Waals surface area contributed by atoms with Gasteiger partial charge in [0, 0.05) is 6.54 Å².